The number of aliphatic carboxylic acids is 1. The normalized spacial score (nSPS) is 14.5. The molecule has 2 heterocycles. The standard InChI is InChI=1S/C15H15N3O2/c19-15(20)6-5-12-3-1-2-4-13(12)18-10-9-17-8-7-16-14(17)11-18/h1-8H,9-11H2,(H,19,20). The van der Waals surface area contributed by atoms with Crippen molar-refractivity contribution < 1.29 is 9.90 Å². The van der Waals surface area contributed by atoms with E-state index in [1.54, 1.807) is 6.08 Å². The molecule has 2 aromatic rings. The van der Waals surface area contributed by atoms with E-state index in [2.05, 4.69) is 14.5 Å². The summed E-state index contributed by atoms with van der Waals surface area (Å²) < 4.78 is 2.15. The summed E-state index contributed by atoms with van der Waals surface area (Å²) in [6.45, 7) is 2.53. The van der Waals surface area contributed by atoms with Crippen molar-refractivity contribution in [1.82, 2.24) is 9.55 Å². The molecule has 0 radical (unpaired) electrons. The minimum Gasteiger partial charge on any atom is -0.478 e. The van der Waals surface area contributed by atoms with Crippen LogP contribution in [-0.4, -0.2) is 27.2 Å². The van der Waals surface area contributed by atoms with Gasteiger partial charge in [-0.3, -0.25) is 0 Å². The Morgan fingerprint density at radius 1 is 1.30 bits per heavy atom. The molecule has 0 saturated heterocycles. The van der Waals surface area contributed by atoms with E-state index in [1.807, 2.05) is 36.7 Å². The summed E-state index contributed by atoms with van der Waals surface area (Å²) in [6.07, 6.45) is 6.61. The lowest BCUT2D eigenvalue weighted by Crippen LogP contribution is -2.33. The molecule has 0 spiro atoms. The number of imidazole rings is 1. The van der Waals surface area contributed by atoms with Crippen molar-refractivity contribution in [2.24, 2.45) is 0 Å². The zero-order valence-electron chi connectivity index (χ0n) is 10.9. The van der Waals surface area contributed by atoms with E-state index >= 15 is 0 Å². The number of aromatic nitrogens is 2. The average molecular weight is 269 g/mol. The van der Waals surface area contributed by atoms with Crippen molar-refractivity contribution in [3.05, 3.63) is 54.1 Å². The number of carbonyl (C=O) groups is 1. The quantitative estimate of drug-likeness (QED) is 0.866. The first-order valence-electron chi connectivity index (χ1n) is 6.49. The molecule has 1 aromatic carbocycles. The molecule has 1 aliphatic heterocycles. The number of fused-ring (bicyclic) bond motifs is 1. The summed E-state index contributed by atoms with van der Waals surface area (Å²) in [5.41, 5.74) is 1.95. The summed E-state index contributed by atoms with van der Waals surface area (Å²) in [5, 5.41) is 8.76. The van der Waals surface area contributed by atoms with Crippen molar-refractivity contribution in [2.75, 3.05) is 11.4 Å². The van der Waals surface area contributed by atoms with Crippen LogP contribution in [0.25, 0.3) is 6.08 Å². The Hall–Kier alpha value is -2.56. The number of para-hydroxylation sites is 1. The fraction of sp³-hybridized carbons (Fsp3) is 0.200. The molecular weight excluding hydrogens is 254 g/mol. The van der Waals surface area contributed by atoms with Crippen LogP contribution in [0.2, 0.25) is 0 Å². The molecule has 0 amide bonds. The van der Waals surface area contributed by atoms with Gasteiger partial charge in [-0.25, -0.2) is 9.78 Å². The van der Waals surface area contributed by atoms with E-state index in [9.17, 15) is 4.79 Å². The molecule has 0 unspecified atom stereocenters. The topological polar surface area (TPSA) is 58.4 Å². The second-order valence-corrected chi connectivity index (χ2v) is 4.69. The van der Waals surface area contributed by atoms with E-state index in [1.165, 1.54) is 6.08 Å². The van der Waals surface area contributed by atoms with E-state index < -0.39 is 5.97 Å². The molecule has 0 atom stereocenters. The maximum absolute atomic E-state index is 10.7. The van der Waals surface area contributed by atoms with Crippen molar-refractivity contribution in [2.45, 2.75) is 13.1 Å². The van der Waals surface area contributed by atoms with Crippen LogP contribution >= 0.6 is 0 Å². The second-order valence-electron chi connectivity index (χ2n) is 4.69. The highest BCUT2D eigenvalue weighted by Crippen LogP contribution is 2.25. The Morgan fingerprint density at radius 2 is 2.15 bits per heavy atom. The van der Waals surface area contributed by atoms with Crippen LogP contribution in [0.3, 0.4) is 0 Å². The highest BCUT2D eigenvalue weighted by Gasteiger charge is 2.18. The minimum atomic E-state index is -0.936. The van der Waals surface area contributed by atoms with Crippen molar-refractivity contribution >= 4 is 17.7 Å². The van der Waals surface area contributed by atoms with E-state index in [4.69, 9.17) is 5.11 Å². The van der Waals surface area contributed by atoms with E-state index in [0.29, 0.717) is 0 Å². The molecule has 3 rings (SSSR count). The lowest BCUT2D eigenvalue weighted by atomic mass is 10.1. The first-order valence-corrected chi connectivity index (χ1v) is 6.49. The van der Waals surface area contributed by atoms with Gasteiger partial charge in [-0.1, -0.05) is 18.2 Å². The summed E-state index contributed by atoms with van der Waals surface area (Å²) in [7, 11) is 0. The van der Waals surface area contributed by atoms with Gasteiger partial charge < -0.3 is 14.6 Å². The Bertz CT molecular complexity index is 661. The third-order valence-electron chi connectivity index (χ3n) is 3.43. The van der Waals surface area contributed by atoms with Crippen LogP contribution in [0.5, 0.6) is 0 Å². The predicted octanol–water partition coefficient (Wildman–Crippen LogP) is 2.00. The van der Waals surface area contributed by atoms with Crippen LogP contribution < -0.4 is 4.90 Å². The molecule has 0 aliphatic carbocycles. The molecule has 0 saturated carbocycles. The lowest BCUT2D eigenvalue weighted by Gasteiger charge is -2.30. The van der Waals surface area contributed by atoms with Crippen LogP contribution in [-0.2, 0) is 17.9 Å². The van der Waals surface area contributed by atoms with Gasteiger partial charge in [0.2, 0.25) is 0 Å². The Kier molecular flexibility index (Phi) is 3.25. The van der Waals surface area contributed by atoms with Crippen molar-refractivity contribution in [1.29, 1.82) is 0 Å². The molecule has 5 nitrogen and oxygen atoms in total. The Balaban J connectivity index is 1.89. The summed E-state index contributed by atoms with van der Waals surface area (Å²) in [4.78, 5) is 17.2. The number of carboxylic acid groups (broad SMARTS) is 1. The molecule has 20 heavy (non-hydrogen) atoms. The first-order chi connectivity index (χ1) is 9.74. The molecule has 102 valence electrons. The molecule has 1 aliphatic rings. The summed E-state index contributed by atoms with van der Waals surface area (Å²) in [6, 6.07) is 7.82. The number of benzene rings is 1. The highest BCUT2D eigenvalue weighted by molar-refractivity contribution is 5.87. The fourth-order valence-electron chi connectivity index (χ4n) is 2.46. The van der Waals surface area contributed by atoms with Crippen LogP contribution in [0.15, 0.2) is 42.7 Å². The highest BCUT2D eigenvalue weighted by atomic mass is 16.4. The molecular formula is C15H15N3O2. The molecule has 1 aromatic heterocycles. The van der Waals surface area contributed by atoms with Gasteiger partial charge in [0.05, 0.1) is 6.54 Å². The van der Waals surface area contributed by atoms with Gasteiger partial charge in [-0.15, -0.1) is 0 Å². The zero-order valence-corrected chi connectivity index (χ0v) is 10.9. The van der Waals surface area contributed by atoms with Crippen LogP contribution in [0.4, 0.5) is 5.69 Å². The number of anilines is 1. The van der Waals surface area contributed by atoms with Crippen LogP contribution in [0, 0.1) is 0 Å². The van der Waals surface area contributed by atoms with Gasteiger partial charge in [0.25, 0.3) is 0 Å². The molecule has 1 N–H and O–H groups in total. The first kappa shape index (κ1) is 12.5. The maximum Gasteiger partial charge on any atom is 0.328 e. The number of rotatable bonds is 3. The minimum absolute atomic E-state index is 0.741. The van der Waals surface area contributed by atoms with Gasteiger partial charge in [-0.2, -0.15) is 0 Å². The SMILES string of the molecule is O=C(O)C=Cc1ccccc1N1CCn2ccnc2C1. The smallest absolute Gasteiger partial charge is 0.328 e. The number of hydrogen-bond donors (Lipinski definition) is 1. The zero-order chi connectivity index (χ0) is 13.9. The van der Waals surface area contributed by atoms with Crippen LogP contribution in [0.1, 0.15) is 11.4 Å². The Labute approximate surface area is 116 Å². The monoisotopic (exact) mass is 269 g/mol. The number of hydrogen-bond acceptors (Lipinski definition) is 3. The van der Waals surface area contributed by atoms with Gasteiger partial charge in [-0.05, 0) is 17.7 Å². The maximum atomic E-state index is 10.7. The molecule has 5 heteroatoms. The largest absolute Gasteiger partial charge is 0.478 e. The van der Waals surface area contributed by atoms with E-state index in [-0.39, 0.29) is 0 Å². The van der Waals surface area contributed by atoms with Gasteiger partial charge in [0.1, 0.15) is 5.82 Å². The average Bonchev–Trinajstić information content (AvgIpc) is 2.92. The summed E-state index contributed by atoms with van der Waals surface area (Å²) in [5.74, 6) is 0.0993. The number of carboxylic acids is 1. The third-order valence-corrected chi connectivity index (χ3v) is 3.43. The second kappa shape index (κ2) is 5.21. The molecule has 0 bridgehead atoms. The Morgan fingerprint density at radius 3 is 3.00 bits per heavy atom. The lowest BCUT2D eigenvalue weighted by molar-refractivity contribution is -0.131. The van der Waals surface area contributed by atoms with Crippen molar-refractivity contribution in [3.63, 3.8) is 0 Å². The van der Waals surface area contributed by atoms with E-state index in [0.717, 1.165) is 36.7 Å². The summed E-state index contributed by atoms with van der Waals surface area (Å²) >= 11 is 0. The third kappa shape index (κ3) is 2.42. The van der Waals surface area contributed by atoms with Crippen molar-refractivity contribution in [3.8, 4) is 0 Å². The predicted molar refractivity (Wildman–Crippen MR) is 76.4 cm³/mol. The van der Waals surface area contributed by atoms with Gasteiger partial charge in [0, 0.05) is 37.2 Å². The fourth-order valence-corrected chi connectivity index (χ4v) is 2.46. The number of nitrogens with zero attached hydrogens (tertiary/aromatic N) is 3. The van der Waals surface area contributed by atoms with Gasteiger partial charge >= 0.3 is 5.97 Å². The van der Waals surface area contributed by atoms with Gasteiger partial charge in [0.15, 0.2) is 0 Å². The molecule has 0 fully saturated rings.